The van der Waals surface area contributed by atoms with E-state index in [1.807, 2.05) is 25.1 Å². The van der Waals surface area contributed by atoms with E-state index in [0.717, 1.165) is 16.9 Å². The van der Waals surface area contributed by atoms with Crippen LogP contribution < -0.4 is 4.43 Å². The zero-order valence-electron chi connectivity index (χ0n) is 12.9. The molecule has 1 atom stereocenters. The zero-order chi connectivity index (χ0) is 15.2. The van der Waals surface area contributed by atoms with Crippen molar-refractivity contribution in [2.45, 2.75) is 33.0 Å². The van der Waals surface area contributed by atoms with Crippen LogP contribution in [0.2, 0.25) is 13.1 Å². The molecule has 0 fully saturated rings. The van der Waals surface area contributed by atoms with Gasteiger partial charge in [0.05, 0.1) is 12.3 Å². The Morgan fingerprint density at radius 1 is 1.19 bits per heavy atom. The molecule has 1 unspecified atom stereocenters. The number of rotatable bonds is 5. The van der Waals surface area contributed by atoms with Gasteiger partial charge in [-0.1, -0.05) is 18.2 Å². The summed E-state index contributed by atoms with van der Waals surface area (Å²) in [7, 11) is -1.13. The lowest BCUT2D eigenvalue weighted by molar-refractivity contribution is 0.563. The second-order valence-electron chi connectivity index (χ2n) is 5.28. The molecule has 5 heteroatoms. The Morgan fingerprint density at radius 2 is 1.86 bits per heavy atom. The Hall–Kier alpha value is -2.01. The Bertz CT molecular complexity index is 611. The molecule has 0 aliphatic rings. The lowest BCUT2D eigenvalue weighted by Crippen LogP contribution is -2.13. The van der Waals surface area contributed by atoms with E-state index in [0.29, 0.717) is 5.82 Å². The highest BCUT2D eigenvalue weighted by molar-refractivity contribution is 6.49. The third kappa shape index (κ3) is 4.49. The van der Waals surface area contributed by atoms with E-state index in [9.17, 15) is 0 Å². The van der Waals surface area contributed by atoms with Crippen molar-refractivity contribution in [2.24, 2.45) is 4.99 Å². The largest absolute Gasteiger partial charge is 0.547 e. The summed E-state index contributed by atoms with van der Waals surface area (Å²) < 4.78 is 5.97. The normalized spacial score (nSPS) is 12.8. The topological polar surface area (TPSA) is 47.4 Å². The molecular formula is C16H21N3OSi. The molecule has 0 N–H and O–H groups in total. The van der Waals surface area contributed by atoms with Crippen molar-refractivity contribution < 1.29 is 4.43 Å². The average molecular weight is 299 g/mol. The number of aromatic nitrogens is 2. The second-order valence-corrected chi connectivity index (χ2v) is 7.61. The number of aryl methyl sites for hydroxylation is 1. The van der Waals surface area contributed by atoms with Crippen LogP contribution in [0, 0.1) is 6.92 Å². The van der Waals surface area contributed by atoms with Gasteiger partial charge in [-0.2, -0.15) is 0 Å². The van der Waals surface area contributed by atoms with Crippen molar-refractivity contribution in [1.82, 2.24) is 9.97 Å². The quantitative estimate of drug-likeness (QED) is 0.628. The molecule has 0 aliphatic heterocycles. The number of benzene rings is 1. The van der Waals surface area contributed by atoms with Gasteiger partial charge in [0, 0.05) is 18.0 Å². The SMILES string of the molecule is Cc1cnc(C=NC(C)c2ccccc2O[SiH](C)C)nc1. The number of hydrogen-bond donors (Lipinski definition) is 0. The average Bonchev–Trinajstić information content (AvgIpc) is 2.46. The summed E-state index contributed by atoms with van der Waals surface area (Å²) in [6.45, 7) is 8.33. The van der Waals surface area contributed by atoms with Gasteiger partial charge in [-0.3, -0.25) is 4.99 Å². The van der Waals surface area contributed by atoms with E-state index in [-0.39, 0.29) is 6.04 Å². The highest BCUT2D eigenvalue weighted by Gasteiger charge is 2.11. The molecule has 21 heavy (non-hydrogen) atoms. The molecule has 0 saturated carbocycles. The second kappa shape index (κ2) is 7.13. The summed E-state index contributed by atoms with van der Waals surface area (Å²) in [4.78, 5) is 13.0. The minimum atomic E-state index is -1.13. The first-order valence-corrected chi connectivity index (χ1v) is 9.91. The van der Waals surface area contributed by atoms with Gasteiger partial charge in [0.1, 0.15) is 5.75 Å². The van der Waals surface area contributed by atoms with Crippen LogP contribution >= 0.6 is 0 Å². The Morgan fingerprint density at radius 3 is 2.52 bits per heavy atom. The first-order valence-electron chi connectivity index (χ1n) is 7.13. The van der Waals surface area contributed by atoms with Crippen LogP contribution in [-0.4, -0.2) is 25.2 Å². The summed E-state index contributed by atoms with van der Waals surface area (Å²) in [6, 6.07) is 8.09. The van der Waals surface area contributed by atoms with Crippen LogP contribution in [0.4, 0.5) is 0 Å². The summed E-state index contributed by atoms with van der Waals surface area (Å²) >= 11 is 0. The molecular weight excluding hydrogens is 278 g/mol. The molecule has 0 bridgehead atoms. The number of hydrogen-bond acceptors (Lipinski definition) is 4. The lowest BCUT2D eigenvalue weighted by Gasteiger charge is -2.16. The minimum Gasteiger partial charge on any atom is -0.547 e. The van der Waals surface area contributed by atoms with Gasteiger partial charge >= 0.3 is 0 Å². The third-order valence-electron chi connectivity index (χ3n) is 2.95. The number of nitrogens with zero attached hydrogens (tertiary/aromatic N) is 3. The number of para-hydroxylation sites is 1. The first-order chi connectivity index (χ1) is 10.1. The van der Waals surface area contributed by atoms with Crippen molar-refractivity contribution in [2.75, 3.05) is 0 Å². The molecule has 0 amide bonds. The maximum absolute atomic E-state index is 5.97. The van der Waals surface area contributed by atoms with Gasteiger partial charge in [-0.25, -0.2) is 9.97 Å². The molecule has 1 aromatic heterocycles. The molecule has 2 aromatic rings. The van der Waals surface area contributed by atoms with Gasteiger partial charge in [-0.05, 0) is 38.6 Å². The Balaban J connectivity index is 2.16. The van der Waals surface area contributed by atoms with Crippen LogP contribution in [0.5, 0.6) is 5.75 Å². The smallest absolute Gasteiger partial charge is 0.229 e. The summed E-state index contributed by atoms with van der Waals surface area (Å²) in [5.74, 6) is 1.57. The monoisotopic (exact) mass is 299 g/mol. The molecule has 110 valence electrons. The van der Waals surface area contributed by atoms with Gasteiger partial charge in [0.25, 0.3) is 0 Å². The van der Waals surface area contributed by atoms with E-state index in [4.69, 9.17) is 4.43 Å². The fourth-order valence-corrected chi connectivity index (χ4v) is 2.64. The number of aliphatic imine (C=N–C) groups is 1. The van der Waals surface area contributed by atoms with Crippen LogP contribution in [0.25, 0.3) is 0 Å². The maximum Gasteiger partial charge on any atom is 0.229 e. The molecule has 4 nitrogen and oxygen atoms in total. The van der Waals surface area contributed by atoms with Crippen LogP contribution in [0.1, 0.15) is 29.9 Å². The summed E-state index contributed by atoms with van der Waals surface area (Å²) in [6.07, 6.45) is 5.30. The molecule has 0 radical (unpaired) electrons. The van der Waals surface area contributed by atoms with Crippen molar-refractivity contribution in [3.8, 4) is 5.75 Å². The van der Waals surface area contributed by atoms with Crippen molar-refractivity contribution >= 4 is 15.3 Å². The van der Waals surface area contributed by atoms with Crippen LogP contribution in [0.15, 0.2) is 41.7 Å². The fourth-order valence-electron chi connectivity index (χ4n) is 1.91. The van der Waals surface area contributed by atoms with Gasteiger partial charge < -0.3 is 4.43 Å². The highest BCUT2D eigenvalue weighted by atomic mass is 28.3. The molecule has 1 aromatic carbocycles. The van der Waals surface area contributed by atoms with Crippen LogP contribution in [-0.2, 0) is 0 Å². The molecule has 0 spiro atoms. The van der Waals surface area contributed by atoms with E-state index >= 15 is 0 Å². The summed E-state index contributed by atoms with van der Waals surface area (Å²) in [5, 5.41) is 0. The fraction of sp³-hybridized carbons (Fsp3) is 0.312. The van der Waals surface area contributed by atoms with Crippen LogP contribution in [0.3, 0.4) is 0 Å². The molecule has 0 saturated heterocycles. The maximum atomic E-state index is 5.97. The summed E-state index contributed by atoms with van der Waals surface area (Å²) in [5.41, 5.74) is 2.14. The minimum absolute atomic E-state index is 0.0128. The van der Waals surface area contributed by atoms with Crippen molar-refractivity contribution in [3.63, 3.8) is 0 Å². The predicted molar refractivity (Wildman–Crippen MR) is 88.7 cm³/mol. The van der Waals surface area contributed by atoms with E-state index in [2.05, 4.69) is 41.0 Å². The van der Waals surface area contributed by atoms with Crippen molar-refractivity contribution in [3.05, 3.63) is 53.6 Å². The molecule has 0 aliphatic carbocycles. The zero-order valence-corrected chi connectivity index (χ0v) is 14.1. The van der Waals surface area contributed by atoms with Gasteiger partial charge in [0.2, 0.25) is 9.04 Å². The molecule has 2 rings (SSSR count). The lowest BCUT2D eigenvalue weighted by atomic mass is 10.1. The Labute approximate surface area is 127 Å². The van der Waals surface area contributed by atoms with Gasteiger partial charge in [0.15, 0.2) is 5.82 Å². The van der Waals surface area contributed by atoms with E-state index < -0.39 is 9.04 Å². The highest BCUT2D eigenvalue weighted by Crippen LogP contribution is 2.27. The standard InChI is InChI=1S/C16H21N3OSi/c1-12-9-18-16(19-10-12)11-17-13(2)14-7-5-6-8-15(14)20-21(3)4/h5-11,13,21H,1-4H3. The molecule has 1 heterocycles. The predicted octanol–water partition coefficient (Wildman–Crippen LogP) is 3.33. The Kier molecular flexibility index (Phi) is 5.22. The first kappa shape index (κ1) is 15.4. The third-order valence-corrected chi connectivity index (χ3v) is 3.67. The van der Waals surface area contributed by atoms with E-state index in [1.165, 1.54) is 0 Å². The van der Waals surface area contributed by atoms with Gasteiger partial charge in [-0.15, -0.1) is 0 Å². The van der Waals surface area contributed by atoms with E-state index in [1.54, 1.807) is 18.6 Å². The van der Waals surface area contributed by atoms with Crippen molar-refractivity contribution in [1.29, 1.82) is 0 Å².